The molecule has 0 bridgehead atoms. The highest BCUT2D eigenvalue weighted by Crippen LogP contribution is 2.48. The average Bonchev–Trinajstić information content (AvgIpc) is 3.24. The summed E-state index contributed by atoms with van der Waals surface area (Å²) in [6, 6.07) is 3.52. The molecule has 0 aliphatic heterocycles. The number of pyridine rings is 1. The SMILES string of the molecule is CCCNc1ccc(Cl)c(C(=O)NCC2(CCC)CC2)n1. The summed E-state index contributed by atoms with van der Waals surface area (Å²) >= 11 is 6.10. The van der Waals surface area contributed by atoms with Gasteiger partial charge in [-0.05, 0) is 43.2 Å². The Morgan fingerprint density at radius 3 is 2.71 bits per heavy atom. The number of carbonyl (C=O) groups is 1. The van der Waals surface area contributed by atoms with Crippen molar-refractivity contribution in [3.63, 3.8) is 0 Å². The number of aromatic nitrogens is 1. The van der Waals surface area contributed by atoms with Gasteiger partial charge in [0, 0.05) is 13.1 Å². The first-order valence-electron chi connectivity index (χ1n) is 7.79. The van der Waals surface area contributed by atoms with Crippen LogP contribution in [-0.2, 0) is 0 Å². The van der Waals surface area contributed by atoms with Crippen LogP contribution in [0.2, 0.25) is 5.02 Å². The molecule has 1 aromatic rings. The summed E-state index contributed by atoms with van der Waals surface area (Å²) in [5, 5.41) is 6.57. The summed E-state index contributed by atoms with van der Waals surface area (Å²) < 4.78 is 0. The molecule has 5 heteroatoms. The molecule has 1 saturated carbocycles. The molecule has 0 radical (unpaired) electrons. The number of amides is 1. The zero-order chi connectivity index (χ0) is 15.3. The largest absolute Gasteiger partial charge is 0.370 e. The van der Waals surface area contributed by atoms with Crippen molar-refractivity contribution in [2.24, 2.45) is 5.41 Å². The zero-order valence-corrected chi connectivity index (χ0v) is 13.6. The van der Waals surface area contributed by atoms with Crippen LogP contribution in [0.4, 0.5) is 5.82 Å². The van der Waals surface area contributed by atoms with Crippen molar-refractivity contribution in [2.75, 3.05) is 18.4 Å². The molecule has 1 aliphatic carbocycles. The highest BCUT2D eigenvalue weighted by molar-refractivity contribution is 6.33. The summed E-state index contributed by atoms with van der Waals surface area (Å²) in [6.07, 6.45) is 5.75. The van der Waals surface area contributed by atoms with E-state index >= 15 is 0 Å². The standard InChI is InChI=1S/C16H24ClN3O/c1-3-7-16(8-9-16)11-19-15(21)14-12(17)5-6-13(20-14)18-10-4-2/h5-6H,3-4,7-11H2,1-2H3,(H,18,20)(H,19,21). The minimum absolute atomic E-state index is 0.178. The number of anilines is 1. The van der Waals surface area contributed by atoms with E-state index in [1.807, 2.05) is 0 Å². The monoisotopic (exact) mass is 309 g/mol. The Morgan fingerprint density at radius 2 is 2.10 bits per heavy atom. The van der Waals surface area contributed by atoms with Crippen molar-refractivity contribution in [2.45, 2.75) is 46.0 Å². The molecule has 2 rings (SSSR count). The van der Waals surface area contributed by atoms with E-state index in [-0.39, 0.29) is 5.91 Å². The number of nitrogens with one attached hydrogen (secondary N) is 2. The van der Waals surface area contributed by atoms with E-state index in [9.17, 15) is 4.79 Å². The highest BCUT2D eigenvalue weighted by atomic mass is 35.5. The van der Waals surface area contributed by atoms with E-state index in [0.717, 1.165) is 25.9 Å². The Labute approximate surface area is 131 Å². The van der Waals surface area contributed by atoms with E-state index in [4.69, 9.17) is 11.6 Å². The van der Waals surface area contributed by atoms with Gasteiger partial charge < -0.3 is 10.6 Å². The lowest BCUT2D eigenvalue weighted by molar-refractivity contribution is 0.0939. The van der Waals surface area contributed by atoms with Crippen molar-refractivity contribution < 1.29 is 4.79 Å². The van der Waals surface area contributed by atoms with E-state index < -0.39 is 0 Å². The molecule has 1 amide bonds. The minimum atomic E-state index is -0.178. The molecular formula is C16H24ClN3O. The summed E-state index contributed by atoms with van der Waals surface area (Å²) in [5.74, 6) is 0.517. The van der Waals surface area contributed by atoms with Crippen LogP contribution in [0.5, 0.6) is 0 Å². The van der Waals surface area contributed by atoms with Crippen LogP contribution in [-0.4, -0.2) is 24.0 Å². The minimum Gasteiger partial charge on any atom is -0.370 e. The maximum Gasteiger partial charge on any atom is 0.271 e. The fraction of sp³-hybridized carbons (Fsp3) is 0.625. The molecule has 0 atom stereocenters. The van der Waals surface area contributed by atoms with Gasteiger partial charge in [0.15, 0.2) is 0 Å². The van der Waals surface area contributed by atoms with Gasteiger partial charge in [0.2, 0.25) is 0 Å². The van der Waals surface area contributed by atoms with Crippen LogP contribution in [0, 0.1) is 5.41 Å². The van der Waals surface area contributed by atoms with Crippen LogP contribution >= 0.6 is 11.6 Å². The van der Waals surface area contributed by atoms with Gasteiger partial charge in [-0.15, -0.1) is 0 Å². The summed E-state index contributed by atoms with van der Waals surface area (Å²) in [5.41, 5.74) is 0.639. The van der Waals surface area contributed by atoms with E-state index in [1.165, 1.54) is 19.3 Å². The average molecular weight is 310 g/mol. The molecule has 0 spiro atoms. The van der Waals surface area contributed by atoms with Gasteiger partial charge in [-0.1, -0.05) is 31.9 Å². The number of hydrogen-bond donors (Lipinski definition) is 2. The van der Waals surface area contributed by atoms with Crippen LogP contribution in [0.1, 0.15) is 56.4 Å². The van der Waals surface area contributed by atoms with Gasteiger partial charge in [0.05, 0.1) is 5.02 Å². The van der Waals surface area contributed by atoms with Crippen LogP contribution in [0.3, 0.4) is 0 Å². The third-order valence-corrected chi connectivity index (χ3v) is 4.28. The number of hydrogen-bond acceptors (Lipinski definition) is 3. The molecule has 0 aromatic carbocycles. The summed E-state index contributed by atoms with van der Waals surface area (Å²) in [6.45, 7) is 5.82. The number of nitrogens with zero attached hydrogens (tertiary/aromatic N) is 1. The predicted octanol–water partition coefficient (Wildman–Crippen LogP) is 3.87. The predicted molar refractivity (Wildman–Crippen MR) is 86.9 cm³/mol. The Hall–Kier alpha value is -1.29. The van der Waals surface area contributed by atoms with E-state index in [1.54, 1.807) is 12.1 Å². The fourth-order valence-electron chi connectivity index (χ4n) is 2.53. The van der Waals surface area contributed by atoms with Crippen LogP contribution < -0.4 is 10.6 Å². The third-order valence-electron chi connectivity index (χ3n) is 3.98. The maximum absolute atomic E-state index is 12.3. The second-order valence-electron chi connectivity index (χ2n) is 5.89. The summed E-state index contributed by atoms with van der Waals surface area (Å²) in [4.78, 5) is 16.6. The molecule has 1 fully saturated rings. The van der Waals surface area contributed by atoms with Gasteiger partial charge in [-0.2, -0.15) is 0 Å². The smallest absolute Gasteiger partial charge is 0.271 e. The number of rotatable bonds is 8. The second-order valence-corrected chi connectivity index (χ2v) is 6.29. The highest BCUT2D eigenvalue weighted by Gasteiger charge is 2.41. The van der Waals surface area contributed by atoms with Crippen LogP contribution in [0.15, 0.2) is 12.1 Å². The Kier molecular flexibility index (Phi) is 5.45. The molecule has 1 aliphatic rings. The Bertz CT molecular complexity index is 500. The quantitative estimate of drug-likeness (QED) is 0.766. The first-order chi connectivity index (χ1) is 10.1. The normalized spacial score (nSPS) is 15.6. The molecule has 0 unspecified atom stereocenters. The number of halogens is 1. The van der Waals surface area contributed by atoms with Crippen molar-refractivity contribution in [3.8, 4) is 0 Å². The Balaban J connectivity index is 1.97. The molecule has 0 saturated heterocycles. The molecule has 1 aromatic heterocycles. The second kappa shape index (κ2) is 7.12. The number of carbonyl (C=O) groups excluding carboxylic acids is 1. The van der Waals surface area contributed by atoms with Gasteiger partial charge >= 0.3 is 0 Å². The van der Waals surface area contributed by atoms with Crippen molar-refractivity contribution in [1.29, 1.82) is 0 Å². The van der Waals surface area contributed by atoms with E-state index in [2.05, 4.69) is 29.5 Å². The van der Waals surface area contributed by atoms with Gasteiger partial charge in [-0.25, -0.2) is 4.98 Å². The molecule has 4 nitrogen and oxygen atoms in total. The fourth-order valence-corrected chi connectivity index (χ4v) is 2.72. The lowest BCUT2D eigenvalue weighted by atomic mass is 10.0. The first kappa shape index (κ1) is 16.1. The van der Waals surface area contributed by atoms with Crippen LogP contribution in [0.25, 0.3) is 0 Å². The molecule has 1 heterocycles. The summed E-state index contributed by atoms with van der Waals surface area (Å²) in [7, 11) is 0. The zero-order valence-electron chi connectivity index (χ0n) is 12.8. The Morgan fingerprint density at radius 1 is 1.33 bits per heavy atom. The lowest BCUT2D eigenvalue weighted by Crippen LogP contribution is -2.31. The molecule has 21 heavy (non-hydrogen) atoms. The lowest BCUT2D eigenvalue weighted by Gasteiger charge is -2.15. The maximum atomic E-state index is 12.3. The first-order valence-corrected chi connectivity index (χ1v) is 8.16. The van der Waals surface area contributed by atoms with Gasteiger partial charge in [0.1, 0.15) is 11.5 Å². The molecular weight excluding hydrogens is 286 g/mol. The van der Waals surface area contributed by atoms with Gasteiger partial charge in [-0.3, -0.25) is 4.79 Å². The van der Waals surface area contributed by atoms with E-state index in [0.29, 0.717) is 21.9 Å². The van der Waals surface area contributed by atoms with Crippen molar-refractivity contribution in [3.05, 3.63) is 22.8 Å². The molecule has 2 N–H and O–H groups in total. The van der Waals surface area contributed by atoms with Crippen molar-refractivity contribution in [1.82, 2.24) is 10.3 Å². The topological polar surface area (TPSA) is 54.0 Å². The van der Waals surface area contributed by atoms with Crippen molar-refractivity contribution >= 4 is 23.3 Å². The third kappa shape index (κ3) is 4.34. The van der Waals surface area contributed by atoms with Gasteiger partial charge in [0.25, 0.3) is 5.91 Å². The molecule has 116 valence electrons.